The zero-order chi connectivity index (χ0) is 12.1. The van der Waals surface area contributed by atoms with Crippen molar-refractivity contribution in [2.24, 2.45) is 0 Å². The van der Waals surface area contributed by atoms with E-state index in [0.29, 0.717) is 5.56 Å². The molecule has 3 N–H and O–H groups in total. The lowest BCUT2D eigenvalue weighted by atomic mass is 10.1. The number of aliphatic carboxylic acids is 1. The summed E-state index contributed by atoms with van der Waals surface area (Å²) in [6.07, 6.45) is 1.56. The first-order valence-electron chi connectivity index (χ1n) is 4.66. The Hall–Kier alpha value is -2.11. The second-order valence-electron chi connectivity index (χ2n) is 3.36. The Kier molecular flexibility index (Phi) is 3.82. The van der Waals surface area contributed by atoms with Crippen molar-refractivity contribution in [3.63, 3.8) is 0 Å². The molecule has 0 aromatic carbocycles. The molecule has 1 heterocycles. The minimum atomic E-state index is -1.11. The van der Waals surface area contributed by atoms with Crippen molar-refractivity contribution < 1.29 is 14.7 Å². The summed E-state index contributed by atoms with van der Waals surface area (Å²) in [5.41, 5.74) is 0.385. The summed E-state index contributed by atoms with van der Waals surface area (Å²) in [4.78, 5) is 34.8. The normalized spacial score (nSPS) is 11.8. The molecule has 0 saturated carbocycles. The Morgan fingerprint density at radius 1 is 1.50 bits per heavy atom. The maximum atomic E-state index is 10.8. The number of carboxylic acid groups (broad SMARTS) is 1. The molecule has 6 nitrogen and oxygen atoms in total. The van der Waals surface area contributed by atoms with E-state index >= 15 is 0 Å². The molecule has 86 valence electrons. The fourth-order valence-corrected chi connectivity index (χ4v) is 1.25. The zero-order valence-corrected chi connectivity index (χ0v) is 8.69. The van der Waals surface area contributed by atoms with E-state index in [-0.39, 0.29) is 12.0 Å². The molecule has 0 aliphatic carbocycles. The number of amides is 1. The lowest BCUT2D eigenvalue weighted by Crippen LogP contribution is -2.41. The molecule has 1 aromatic heterocycles. The van der Waals surface area contributed by atoms with E-state index in [2.05, 4.69) is 10.3 Å². The fraction of sp³-hybridized carbons (Fsp3) is 0.300. The van der Waals surface area contributed by atoms with Gasteiger partial charge in [-0.25, -0.2) is 4.79 Å². The lowest BCUT2D eigenvalue weighted by Gasteiger charge is -2.12. The van der Waals surface area contributed by atoms with Crippen LogP contribution in [0.1, 0.15) is 12.5 Å². The van der Waals surface area contributed by atoms with E-state index in [0.717, 1.165) is 0 Å². The van der Waals surface area contributed by atoms with Gasteiger partial charge in [0.1, 0.15) is 6.04 Å². The van der Waals surface area contributed by atoms with Crippen LogP contribution in [0.2, 0.25) is 0 Å². The van der Waals surface area contributed by atoms with Gasteiger partial charge in [-0.05, 0) is 5.56 Å². The molecule has 1 atom stereocenters. The van der Waals surface area contributed by atoms with Gasteiger partial charge in [0.2, 0.25) is 11.5 Å². The molecule has 0 bridgehead atoms. The van der Waals surface area contributed by atoms with Crippen molar-refractivity contribution in [3.8, 4) is 0 Å². The van der Waals surface area contributed by atoms with E-state index < -0.39 is 17.9 Å². The first-order valence-corrected chi connectivity index (χ1v) is 4.66. The summed E-state index contributed by atoms with van der Waals surface area (Å²) in [5, 5.41) is 11.2. The van der Waals surface area contributed by atoms with E-state index in [1.807, 2.05) is 0 Å². The Morgan fingerprint density at radius 2 is 2.19 bits per heavy atom. The van der Waals surface area contributed by atoms with Gasteiger partial charge in [-0.15, -0.1) is 0 Å². The van der Waals surface area contributed by atoms with Crippen LogP contribution in [0.15, 0.2) is 23.1 Å². The van der Waals surface area contributed by atoms with Crippen LogP contribution < -0.4 is 10.9 Å². The lowest BCUT2D eigenvalue weighted by molar-refractivity contribution is -0.141. The highest BCUT2D eigenvalue weighted by Gasteiger charge is 2.18. The number of pyridine rings is 1. The largest absolute Gasteiger partial charge is 0.480 e. The number of aromatic amines is 1. The van der Waals surface area contributed by atoms with Crippen LogP contribution in [-0.2, 0) is 16.0 Å². The third kappa shape index (κ3) is 3.56. The van der Waals surface area contributed by atoms with E-state index in [9.17, 15) is 14.4 Å². The van der Waals surface area contributed by atoms with Gasteiger partial charge in [0.25, 0.3) is 0 Å². The number of hydrogen-bond acceptors (Lipinski definition) is 3. The molecule has 1 rings (SSSR count). The van der Waals surface area contributed by atoms with Crippen molar-refractivity contribution in [1.29, 1.82) is 0 Å². The predicted octanol–water partition coefficient (Wildman–Crippen LogP) is -0.493. The number of rotatable bonds is 4. The Morgan fingerprint density at radius 3 is 2.62 bits per heavy atom. The van der Waals surface area contributed by atoms with E-state index in [1.165, 1.54) is 25.3 Å². The maximum absolute atomic E-state index is 10.8. The van der Waals surface area contributed by atoms with Crippen molar-refractivity contribution in [2.45, 2.75) is 19.4 Å². The molecule has 6 heteroatoms. The zero-order valence-electron chi connectivity index (χ0n) is 8.69. The van der Waals surface area contributed by atoms with Gasteiger partial charge in [0.15, 0.2) is 0 Å². The summed E-state index contributed by atoms with van der Waals surface area (Å²) in [5.74, 6) is -1.52. The average molecular weight is 224 g/mol. The Bertz CT molecular complexity index is 432. The van der Waals surface area contributed by atoms with Gasteiger partial charge in [-0.1, -0.05) is 6.07 Å². The molecule has 1 amide bonds. The summed E-state index contributed by atoms with van der Waals surface area (Å²) in [6, 6.07) is 1.85. The summed E-state index contributed by atoms with van der Waals surface area (Å²) in [7, 11) is 0. The molecule has 0 radical (unpaired) electrons. The SMILES string of the molecule is CC(=O)NC(Cc1ccc(=O)[nH]c1)C(=O)O. The molecule has 0 aliphatic heterocycles. The van der Waals surface area contributed by atoms with Crippen molar-refractivity contribution >= 4 is 11.9 Å². The second kappa shape index (κ2) is 5.11. The Balaban J connectivity index is 2.75. The second-order valence-corrected chi connectivity index (χ2v) is 3.36. The topological polar surface area (TPSA) is 99.3 Å². The quantitative estimate of drug-likeness (QED) is 0.642. The monoisotopic (exact) mass is 224 g/mol. The molecule has 1 unspecified atom stereocenters. The number of carbonyl (C=O) groups excluding carboxylic acids is 1. The highest BCUT2D eigenvalue weighted by atomic mass is 16.4. The van der Waals surface area contributed by atoms with Crippen LogP contribution in [0.25, 0.3) is 0 Å². The van der Waals surface area contributed by atoms with Crippen LogP contribution in [0.5, 0.6) is 0 Å². The van der Waals surface area contributed by atoms with Gasteiger partial charge in [0.05, 0.1) is 0 Å². The number of aromatic nitrogens is 1. The third-order valence-electron chi connectivity index (χ3n) is 1.96. The molecule has 0 aliphatic rings. The van der Waals surface area contributed by atoms with Crippen LogP contribution >= 0.6 is 0 Å². The minimum absolute atomic E-state index is 0.131. The first kappa shape index (κ1) is 12.0. The van der Waals surface area contributed by atoms with E-state index in [4.69, 9.17) is 5.11 Å². The number of carbonyl (C=O) groups is 2. The molecular formula is C10H12N2O4. The number of carboxylic acids is 1. The van der Waals surface area contributed by atoms with Crippen LogP contribution in [0.4, 0.5) is 0 Å². The highest BCUT2D eigenvalue weighted by Crippen LogP contribution is 2.00. The minimum Gasteiger partial charge on any atom is -0.480 e. The van der Waals surface area contributed by atoms with Crippen molar-refractivity contribution in [1.82, 2.24) is 10.3 Å². The summed E-state index contributed by atoms with van der Waals surface area (Å²) in [6.45, 7) is 1.25. The van der Waals surface area contributed by atoms with Crippen LogP contribution in [-0.4, -0.2) is 28.0 Å². The average Bonchev–Trinajstić information content (AvgIpc) is 2.19. The molecular weight excluding hydrogens is 212 g/mol. The third-order valence-corrected chi connectivity index (χ3v) is 1.96. The van der Waals surface area contributed by atoms with Gasteiger partial charge in [-0.2, -0.15) is 0 Å². The van der Waals surface area contributed by atoms with Gasteiger partial charge in [-0.3, -0.25) is 9.59 Å². The standard InChI is InChI=1S/C10H12N2O4/c1-6(13)12-8(10(15)16)4-7-2-3-9(14)11-5-7/h2-3,5,8H,4H2,1H3,(H,11,14)(H,12,13)(H,15,16). The fourth-order valence-electron chi connectivity index (χ4n) is 1.25. The summed E-state index contributed by atoms with van der Waals surface area (Å²) < 4.78 is 0. The smallest absolute Gasteiger partial charge is 0.326 e. The molecule has 0 fully saturated rings. The van der Waals surface area contributed by atoms with Crippen molar-refractivity contribution in [2.75, 3.05) is 0 Å². The Labute approximate surface area is 91.3 Å². The van der Waals surface area contributed by atoms with Gasteiger partial charge >= 0.3 is 5.97 Å². The molecule has 16 heavy (non-hydrogen) atoms. The summed E-state index contributed by atoms with van der Waals surface area (Å²) >= 11 is 0. The molecule has 0 spiro atoms. The maximum Gasteiger partial charge on any atom is 0.326 e. The van der Waals surface area contributed by atoms with Gasteiger partial charge < -0.3 is 15.4 Å². The van der Waals surface area contributed by atoms with Crippen LogP contribution in [0, 0.1) is 0 Å². The molecule has 1 aromatic rings. The highest BCUT2D eigenvalue weighted by molar-refractivity contribution is 5.82. The number of hydrogen-bond donors (Lipinski definition) is 3. The van der Waals surface area contributed by atoms with Crippen molar-refractivity contribution in [3.05, 3.63) is 34.2 Å². The van der Waals surface area contributed by atoms with Crippen LogP contribution in [0.3, 0.4) is 0 Å². The molecule has 0 saturated heterocycles. The predicted molar refractivity (Wildman–Crippen MR) is 56.0 cm³/mol. The number of nitrogens with one attached hydrogen (secondary N) is 2. The number of H-pyrrole nitrogens is 1. The first-order chi connectivity index (χ1) is 7.49. The van der Waals surface area contributed by atoms with Gasteiger partial charge in [0, 0.05) is 25.6 Å². The van der Waals surface area contributed by atoms with E-state index in [1.54, 1.807) is 0 Å².